The van der Waals surface area contributed by atoms with Crippen LogP contribution in [0.15, 0.2) is 24.3 Å². The number of ether oxygens (including phenoxy) is 2. The van der Waals surface area contributed by atoms with Gasteiger partial charge in [0.1, 0.15) is 0 Å². The van der Waals surface area contributed by atoms with E-state index in [4.69, 9.17) is 21.7 Å². The van der Waals surface area contributed by atoms with E-state index in [1.807, 2.05) is 11.0 Å². The molecule has 2 rings (SSSR count). The fraction of sp³-hybridized carbons (Fsp3) is 0.500. The number of hydrogen-bond donors (Lipinski definition) is 1. The molecule has 1 fully saturated rings. The predicted octanol–water partition coefficient (Wildman–Crippen LogP) is 2.84. The minimum absolute atomic E-state index is 0.153. The maximum Gasteiger partial charge on any atom is 0.338 e. The molecule has 0 aliphatic carbocycles. The molecule has 0 saturated carbocycles. The molecule has 0 bridgehead atoms. The molecule has 0 radical (unpaired) electrons. The van der Waals surface area contributed by atoms with Gasteiger partial charge in [0, 0.05) is 18.8 Å². The molecule has 1 unspecified atom stereocenters. The molecule has 1 saturated heterocycles. The molecule has 7 heteroatoms. The lowest BCUT2D eigenvalue weighted by Crippen LogP contribution is -2.44. The molecular weight excluding hydrogens is 340 g/mol. The zero-order valence-corrected chi connectivity index (χ0v) is 15.4. The lowest BCUT2D eigenvalue weighted by Gasteiger charge is -2.33. The molecule has 0 amide bonds. The second-order valence-electron chi connectivity index (χ2n) is 5.77. The Morgan fingerprint density at radius 3 is 2.76 bits per heavy atom. The summed E-state index contributed by atoms with van der Waals surface area (Å²) < 4.78 is 10.1. The lowest BCUT2D eigenvalue weighted by atomic mass is 9.98. The van der Waals surface area contributed by atoms with Gasteiger partial charge in [0.05, 0.1) is 24.7 Å². The number of rotatable bonds is 5. The van der Waals surface area contributed by atoms with Crippen LogP contribution in [0.4, 0.5) is 5.69 Å². The summed E-state index contributed by atoms with van der Waals surface area (Å²) in [6, 6.07) is 7.01. The molecule has 1 aromatic rings. The number of likely N-dealkylation sites (tertiary alicyclic amines) is 1. The van der Waals surface area contributed by atoms with E-state index in [-0.39, 0.29) is 17.9 Å². The number of benzene rings is 1. The highest BCUT2D eigenvalue weighted by molar-refractivity contribution is 7.80. The van der Waals surface area contributed by atoms with E-state index in [1.165, 1.54) is 0 Å². The van der Waals surface area contributed by atoms with E-state index in [0.717, 1.165) is 19.4 Å². The van der Waals surface area contributed by atoms with Gasteiger partial charge in [-0.25, -0.2) is 4.79 Å². The Bertz CT molecular complexity index is 635. The molecule has 0 aromatic heterocycles. The van der Waals surface area contributed by atoms with Crippen molar-refractivity contribution in [2.24, 2.45) is 5.92 Å². The van der Waals surface area contributed by atoms with Crippen LogP contribution in [0.1, 0.15) is 37.0 Å². The van der Waals surface area contributed by atoms with E-state index in [9.17, 15) is 9.59 Å². The van der Waals surface area contributed by atoms with Gasteiger partial charge in [0.15, 0.2) is 5.11 Å². The Morgan fingerprint density at radius 1 is 1.28 bits per heavy atom. The minimum atomic E-state index is -0.364. The van der Waals surface area contributed by atoms with Crippen LogP contribution in [0.3, 0.4) is 0 Å². The number of nitrogens with zero attached hydrogens (tertiary/aromatic N) is 1. The molecule has 25 heavy (non-hydrogen) atoms. The average molecular weight is 364 g/mol. The molecule has 1 aromatic carbocycles. The van der Waals surface area contributed by atoms with Crippen molar-refractivity contribution in [1.82, 2.24) is 4.90 Å². The molecule has 1 heterocycles. The maximum absolute atomic E-state index is 11.9. The summed E-state index contributed by atoms with van der Waals surface area (Å²) in [5.74, 6) is -0.684. The third kappa shape index (κ3) is 5.42. The van der Waals surface area contributed by atoms with Crippen molar-refractivity contribution in [2.75, 3.05) is 31.6 Å². The largest absolute Gasteiger partial charge is 0.466 e. The summed E-state index contributed by atoms with van der Waals surface area (Å²) in [7, 11) is 0. The Morgan fingerprint density at radius 2 is 2.04 bits per heavy atom. The van der Waals surface area contributed by atoms with Crippen LogP contribution in [0.5, 0.6) is 0 Å². The van der Waals surface area contributed by atoms with Crippen molar-refractivity contribution in [2.45, 2.75) is 26.7 Å². The Labute approximate surface area is 153 Å². The number of esters is 2. The number of nitrogens with one attached hydrogen (secondary N) is 1. The van der Waals surface area contributed by atoms with Crippen LogP contribution in [-0.2, 0) is 14.3 Å². The van der Waals surface area contributed by atoms with Crippen molar-refractivity contribution in [3.8, 4) is 0 Å². The van der Waals surface area contributed by atoms with Crippen molar-refractivity contribution < 1.29 is 19.1 Å². The first-order valence-corrected chi connectivity index (χ1v) is 8.95. The molecule has 136 valence electrons. The van der Waals surface area contributed by atoms with E-state index in [2.05, 4.69) is 5.32 Å². The summed E-state index contributed by atoms with van der Waals surface area (Å²) >= 11 is 5.47. The van der Waals surface area contributed by atoms with E-state index >= 15 is 0 Å². The first kappa shape index (κ1) is 19.2. The number of anilines is 1. The van der Waals surface area contributed by atoms with E-state index in [0.29, 0.717) is 36.1 Å². The number of carbonyl (C=O) groups excluding carboxylic acids is 2. The predicted molar refractivity (Wildman–Crippen MR) is 99.5 cm³/mol. The average Bonchev–Trinajstić information content (AvgIpc) is 2.62. The van der Waals surface area contributed by atoms with Crippen molar-refractivity contribution >= 4 is 35.0 Å². The summed E-state index contributed by atoms with van der Waals surface area (Å²) in [5.41, 5.74) is 1.19. The summed E-state index contributed by atoms with van der Waals surface area (Å²) in [5, 5.41) is 3.68. The molecule has 1 N–H and O–H groups in total. The normalized spacial score (nSPS) is 16.9. The highest BCUT2D eigenvalue weighted by Gasteiger charge is 2.28. The molecule has 1 aliphatic heterocycles. The topological polar surface area (TPSA) is 67.9 Å². The summed E-state index contributed by atoms with van der Waals surface area (Å²) in [4.78, 5) is 25.7. The van der Waals surface area contributed by atoms with Crippen LogP contribution >= 0.6 is 12.2 Å². The fourth-order valence-corrected chi connectivity index (χ4v) is 3.04. The molecule has 1 atom stereocenters. The second kappa shape index (κ2) is 9.36. The Hall–Kier alpha value is -2.15. The van der Waals surface area contributed by atoms with Crippen LogP contribution in [0.25, 0.3) is 0 Å². The standard InChI is InChI=1S/C18H24N2O4S/c1-3-23-16(21)13-7-5-9-15(11-13)19-18(25)20-10-6-8-14(12-20)17(22)24-4-2/h5,7,9,11,14H,3-4,6,8,10,12H2,1-2H3,(H,19,25). The van der Waals surface area contributed by atoms with E-state index < -0.39 is 0 Å². The van der Waals surface area contributed by atoms with Gasteiger partial charge in [-0.3, -0.25) is 4.79 Å². The zero-order valence-electron chi connectivity index (χ0n) is 14.6. The van der Waals surface area contributed by atoms with Crippen molar-refractivity contribution in [1.29, 1.82) is 0 Å². The van der Waals surface area contributed by atoms with Gasteiger partial charge in [0.25, 0.3) is 0 Å². The van der Waals surface area contributed by atoms with Gasteiger partial charge in [-0.2, -0.15) is 0 Å². The highest BCUT2D eigenvalue weighted by atomic mass is 32.1. The van der Waals surface area contributed by atoms with Gasteiger partial charge in [0.2, 0.25) is 0 Å². The van der Waals surface area contributed by atoms with Crippen LogP contribution in [0, 0.1) is 5.92 Å². The minimum Gasteiger partial charge on any atom is -0.466 e. The van der Waals surface area contributed by atoms with Gasteiger partial charge >= 0.3 is 11.9 Å². The third-order valence-electron chi connectivity index (χ3n) is 3.95. The van der Waals surface area contributed by atoms with Crippen LogP contribution in [-0.4, -0.2) is 48.3 Å². The number of carbonyl (C=O) groups is 2. The first-order chi connectivity index (χ1) is 12.0. The molecule has 0 spiro atoms. The summed E-state index contributed by atoms with van der Waals surface area (Å²) in [6.45, 7) is 5.63. The smallest absolute Gasteiger partial charge is 0.338 e. The van der Waals surface area contributed by atoms with Crippen molar-refractivity contribution in [3.63, 3.8) is 0 Å². The molecular formula is C18H24N2O4S. The highest BCUT2D eigenvalue weighted by Crippen LogP contribution is 2.20. The second-order valence-corrected chi connectivity index (χ2v) is 6.16. The number of thiocarbonyl (C=S) groups is 1. The number of piperidine rings is 1. The quantitative estimate of drug-likeness (QED) is 0.636. The molecule has 1 aliphatic rings. The van der Waals surface area contributed by atoms with Crippen LogP contribution < -0.4 is 5.32 Å². The lowest BCUT2D eigenvalue weighted by molar-refractivity contribution is -0.149. The van der Waals surface area contributed by atoms with Crippen LogP contribution in [0.2, 0.25) is 0 Å². The monoisotopic (exact) mass is 364 g/mol. The zero-order chi connectivity index (χ0) is 18.2. The van der Waals surface area contributed by atoms with Gasteiger partial charge in [-0.15, -0.1) is 0 Å². The first-order valence-electron chi connectivity index (χ1n) is 8.54. The van der Waals surface area contributed by atoms with Gasteiger partial charge in [-0.05, 0) is 57.1 Å². The van der Waals surface area contributed by atoms with Gasteiger partial charge in [-0.1, -0.05) is 6.07 Å². The third-order valence-corrected chi connectivity index (χ3v) is 4.31. The Kier molecular flexibility index (Phi) is 7.18. The number of hydrogen-bond acceptors (Lipinski definition) is 5. The van der Waals surface area contributed by atoms with Crippen molar-refractivity contribution in [3.05, 3.63) is 29.8 Å². The maximum atomic E-state index is 11.9. The summed E-state index contributed by atoms with van der Waals surface area (Å²) in [6.07, 6.45) is 1.70. The van der Waals surface area contributed by atoms with Gasteiger partial charge < -0.3 is 19.7 Å². The molecule has 6 nitrogen and oxygen atoms in total. The van der Waals surface area contributed by atoms with E-state index in [1.54, 1.807) is 32.0 Å². The Balaban J connectivity index is 1.98. The SMILES string of the molecule is CCOC(=O)c1cccc(NC(=S)N2CCCC(C(=O)OCC)C2)c1. The fourth-order valence-electron chi connectivity index (χ4n) is 2.75.